The predicted octanol–water partition coefficient (Wildman–Crippen LogP) is 1.64. The molecule has 1 fully saturated rings. The average molecular weight is 240 g/mol. The maximum Gasteiger partial charge on any atom is 0.307 e. The summed E-state index contributed by atoms with van der Waals surface area (Å²) in [5, 5.41) is 19.2. The molecule has 4 heteroatoms. The van der Waals surface area contributed by atoms with Gasteiger partial charge < -0.3 is 14.9 Å². The van der Waals surface area contributed by atoms with E-state index in [0.29, 0.717) is 6.61 Å². The van der Waals surface area contributed by atoms with E-state index in [1.807, 2.05) is 12.2 Å². The quantitative estimate of drug-likeness (QED) is 0.421. The Balaban J connectivity index is 1.98. The molecule has 2 rings (SSSR count). The molecule has 5 atom stereocenters. The zero-order valence-corrected chi connectivity index (χ0v) is 10.1. The first-order chi connectivity index (χ1) is 8.15. The van der Waals surface area contributed by atoms with Crippen LogP contribution in [0.2, 0.25) is 0 Å². The molecule has 2 aliphatic rings. The number of allylic oxidation sites excluding steroid dienone is 2. The molecule has 17 heavy (non-hydrogen) atoms. The third-order valence-electron chi connectivity index (χ3n) is 3.92. The summed E-state index contributed by atoms with van der Waals surface area (Å²) in [6.07, 6.45) is 5.80. The SMILES string of the molecule is CCCCOC(O)C1C2C=CC(C2)C1C(=O)O. The molecule has 2 bridgehead atoms. The zero-order chi connectivity index (χ0) is 12.4. The first kappa shape index (κ1) is 12.6. The maximum atomic E-state index is 11.2. The summed E-state index contributed by atoms with van der Waals surface area (Å²) in [6.45, 7) is 2.55. The van der Waals surface area contributed by atoms with Crippen molar-refractivity contribution in [2.45, 2.75) is 32.5 Å². The molecular weight excluding hydrogens is 220 g/mol. The number of rotatable bonds is 6. The molecule has 0 radical (unpaired) electrons. The molecule has 0 aromatic heterocycles. The first-order valence-corrected chi connectivity index (χ1v) is 6.36. The van der Waals surface area contributed by atoms with Gasteiger partial charge in [0, 0.05) is 12.5 Å². The number of unbranched alkanes of at least 4 members (excludes halogenated alkanes) is 1. The minimum atomic E-state index is -0.942. The third kappa shape index (κ3) is 2.38. The monoisotopic (exact) mass is 240 g/mol. The van der Waals surface area contributed by atoms with Gasteiger partial charge in [0.1, 0.15) is 0 Å². The summed E-state index contributed by atoms with van der Waals surface area (Å²) in [7, 11) is 0. The lowest BCUT2D eigenvalue weighted by Crippen LogP contribution is -2.37. The van der Waals surface area contributed by atoms with Gasteiger partial charge in [-0.3, -0.25) is 4.79 Å². The number of carbonyl (C=O) groups is 1. The van der Waals surface area contributed by atoms with E-state index in [0.717, 1.165) is 19.3 Å². The van der Waals surface area contributed by atoms with Crippen molar-refractivity contribution in [2.24, 2.45) is 23.7 Å². The summed E-state index contributed by atoms with van der Waals surface area (Å²) in [5.41, 5.74) is 0. The lowest BCUT2D eigenvalue weighted by molar-refractivity contribution is -0.168. The largest absolute Gasteiger partial charge is 0.481 e. The number of carboxylic acid groups (broad SMARTS) is 1. The van der Waals surface area contributed by atoms with Gasteiger partial charge in [0.2, 0.25) is 0 Å². The fourth-order valence-electron chi connectivity index (χ4n) is 3.06. The van der Waals surface area contributed by atoms with Crippen LogP contribution >= 0.6 is 0 Å². The standard InChI is InChI=1S/C13H20O4/c1-2-3-6-17-13(16)11-9-5-4-8(7-9)10(11)12(14)15/h4-5,8-11,13,16H,2-3,6-7H2,1H3,(H,14,15). The number of aliphatic carboxylic acids is 1. The highest BCUT2D eigenvalue weighted by Crippen LogP contribution is 2.49. The van der Waals surface area contributed by atoms with Crippen LogP contribution < -0.4 is 0 Å². The molecule has 0 aromatic rings. The smallest absolute Gasteiger partial charge is 0.307 e. The molecule has 0 aliphatic heterocycles. The predicted molar refractivity (Wildman–Crippen MR) is 62.2 cm³/mol. The molecule has 1 saturated carbocycles. The van der Waals surface area contributed by atoms with Crippen molar-refractivity contribution in [3.63, 3.8) is 0 Å². The van der Waals surface area contributed by atoms with Gasteiger partial charge in [-0.2, -0.15) is 0 Å². The Morgan fingerprint density at radius 1 is 1.47 bits per heavy atom. The molecule has 0 saturated heterocycles. The Bertz CT molecular complexity index is 313. The van der Waals surface area contributed by atoms with E-state index in [2.05, 4.69) is 6.92 Å². The Morgan fingerprint density at radius 2 is 2.18 bits per heavy atom. The minimum Gasteiger partial charge on any atom is -0.481 e. The number of hydrogen-bond acceptors (Lipinski definition) is 3. The highest BCUT2D eigenvalue weighted by Gasteiger charge is 2.51. The second-order valence-electron chi connectivity index (χ2n) is 5.00. The maximum absolute atomic E-state index is 11.2. The van der Waals surface area contributed by atoms with Crippen molar-refractivity contribution >= 4 is 5.97 Å². The van der Waals surface area contributed by atoms with Gasteiger partial charge in [-0.05, 0) is 24.7 Å². The van der Waals surface area contributed by atoms with Gasteiger partial charge in [0.05, 0.1) is 5.92 Å². The molecule has 4 nitrogen and oxygen atoms in total. The van der Waals surface area contributed by atoms with Crippen LogP contribution in [-0.2, 0) is 9.53 Å². The van der Waals surface area contributed by atoms with Crippen molar-refractivity contribution in [1.29, 1.82) is 0 Å². The Labute approximate surface area is 101 Å². The highest BCUT2D eigenvalue weighted by atomic mass is 16.6. The normalized spacial score (nSPS) is 36.4. The highest BCUT2D eigenvalue weighted by molar-refractivity contribution is 5.72. The molecule has 0 heterocycles. The molecule has 2 N–H and O–H groups in total. The van der Waals surface area contributed by atoms with Gasteiger partial charge in [-0.1, -0.05) is 25.5 Å². The van der Waals surface area contributed by atoms with Crippen LogP contribution in [0, 0.1) is 23.7 Å². The van der Waals surface area contributed by atoms with Crippen LogP contribution in [0.5, 0.6) is 0 Å². The van der Waals surface area contributed by atoms with Crippen LogP contribution in [0.1, 0.15) is 26.2 Å². The summed E-state index contributed by atoms with van der Waals surface area (Å²) in [5.74, 6) is -1.34. The first-order valence-electron chi connectivity index (χ1n) is 6.36. The van der Waals surface area contributed by atoms with Crippen LogP contribution in [0.3, 0.4) is 0 Å². The third-order valence-corrected chi connectivity index (χ3v) is 3.92. The van der Waals surface area contributed by atoms with E-state index in [9.17, 15) is 15.0 Å². The van der Waals surface area contributed by atoms with Gasteiger partial charge in [0.25, 0.3) is 0 Å². The second kappa shape index (κ2) is 5.19. The number of fused-ring (bicyclic) bond motifs is 2. The Kier molecular flexibility index (Phi) is 3.84. The number of aliphatic hydroxyl groups excluding tert-OH is 1. The minimum absolute atomic E-state index is 0.0759. The van der Waals surface area contributed by atoms with Crippen molar-refractivity contribution in [2.75, 3.05) is 6.61 Å². The Hall–Kier alpha value is -0.870. The van der Waals surface area contributed by atoms with Crippen molar-refractivity contribution in [1.82, 2.24) is 0 Å². The van der Waals surface area contributed by atoms with Crippen molar-refractivity contribution < 1.29 is 19.7 Å². The number of hydrogen-bond donors (Lipinski definition) is 2. The number of aliphatic hydroxyl groups is 1. The van der Waals surface area contributed by atoms with E-state index >= 15 is 0 Å². The van der Waals surface area contributed by atoms with Crippen molar-refractivity contribution in [3.05, 3.63) is 12.2 Å². The van der Waals surface area contributed by atoms with Crippen LogP contribution in [0.4, 0.5) is 0 Å². The van der Waals surface area contributed by atoms with Crippen LogP contribution in [0.15, 0.2) is 12.2 Å². The van der Waals surface area contributed by atoms with Gasteiger partial charge in [-0.15, -0.1) is 0 Å². The van der Waals surface area contributed by atoms with E-state index in [4.69, 9.17) is 4.74 Å². The molecule has 5 unspecified atom stereocenters. The molecular formula is C13H20O4. The topological polar surface area (TPSA) is 66.8 Å². The van der Waals surface area contributed by atoms with E-state index in [1.165, 1.54) is 0 Å². The summed E-state index contributed by atoms with van der Waals surface area (Å²) < 4.78 is 5.36. The molecule has 0 amide bonds. The second-order valence-corrected chi connectivity index (χ2v) is 5.00. The van der Waals surface area contributed by atoms with E-state index in [-0.39, 0.29) is 17.8 Å². The zero-order valence-electron chi connectivity index (χ0n) is 10.1. The Morgan fingerprint density at radius 3 is 2.82 bits per heavy atom. The van der Waals surface area contributed by atoms with E-state index in [1.54, 1.807) is 0 Å². The summed E-state index contributed by atoms with van der Waals surface area (Å²) >= 11 is 0. The summed E-state index contributed by atoms with van der Waals surface area (Å²) in [4.78, 5) is 11.2. The molecule has 2 aliphatic carbocycles. The van der Waals surface area contributed by atoms with Gasteiger partial charge in [-0.25, -0.2) is 0 Å². The fraction of sp³-hybridized carbons (Fsp3) is 0.769. The van der Waals surface area contributed by atoms with Crippen LogP contribution in [-0.4, -0.2) is 29.1 Å². The number of ether oxygens (including phenoxy) is 1. The summed E-state index contributed by atoms with van der Waals surface area (Å²) in [6, 6.07) is 0. The average Bonchev–Trinajstić information content (AvgIpc) is 2.88. The molecule has 0 aromatic carbocycles. The van der Waals surface area contributed by atoms with E-state index < -0.39 is 18.2 Å². The van der Waals surface area contributed by atoms with Crippen molar-refractivity contribution in [3.8, 4) is 0 Å². The molecule has 0 spiro atoms. The lowest BCUT2D eigenvalue weighted by Gasteiger charge is -2.29. The lowest BCUT2D eigenvalue weighted by atomic mass is 9.82. The van der Waals surface area contributed by atoms with Crippen LogP contribution in [0.25, 0.3) is 0 Å². The van der Waals surface area contributed by atoms with Gasteiger partial charge in [0.15, 0.2) is 6.29 Å². The molecule has 96 valence electrons. The fourth-order valence-corrected chi connectivity index (χ4v) is 3.06. The number of carboxylic acids is 1. The van der Waals surface area contributed by atoms with Gasteiger partial charge >= 0.3 is 5.97 Å².